The van der Waals surface area contributed by atoms with Crippen LogP contribution in [0.15, 0.2) is 30.5 Å². The highest BCUT2D eigenvalue weighted by molar-refractivity contribution is 5.83. The van der Waals surface area contributed by atoms with Crippen molar-refractivity contribution >= 4 is 22.7 Å². The fourth-order valence-corrected chi connectivity index (χ4v) is 2.96. The number of anilines is 1. The first-order valence-electron chi connectivity index (χ1n) is 7.67. The summed E-state index contributed by atoms with van der Waals surface area (Å²) in [6.45, 7) is 7.09. The van der Waals surface area contributed by atoms with Gasteiger partial charge in [0.2, 0.25) is 0 Å². The molecule has 2 heterocycles. The minimum Gasteiger partial charge on any atom is -0.444 e. The second kappa shape index (κ2) is 5.23. The summed E-state index contributed by atoms with van der Waals surface area (Å²) in [5, 5.41) is 1.13. The van der Waals surface area contributed by atoms with E-state index in [2.05, 4.69) is 16.8 Å². The first kappa shape index (κ1) is 14.8. The Bertz CT molecular complexity index is 699. The smallest absolute Gasteiger partial charge is 0.410 e. The van der Waals surface area contributed by atoms with Crippen LogP contribution in [0.1, 0.15) is 33.2 Å². The van der Waals surface area contributed by atoms with E-state index in [1.165, 1.54) is 0 Å². The SMILES string of the molecule is CC(C)(C)OC(=O)N1CCC(n2ccc3cc(N)ccc32)C1. The lowest BCUT2D eigenvalue weighted by atomic mass is 10.2. The van der Waals surface area contributed by atoms with Crippen LogP contribution in [0.3, 0.4) is 0 Å². The Morgan fingerprint density at radius 1 is 1.32 bits per heavy atom. The van der Waals surface area contributed by atoms with E-state index in [1.54, 1.807) is 4.90 Å². The van der Waals surface area contributed by atoms with Crippen molar-refractivity contribution in [2.45, 2.75) is 38.8 Å². The van der Waals surface area contributed by atoms with Gasteiger partial charge in [-0.1, -0.05) is 0 Å². The van der Waals surface area contributed by atoms with E-state index in [0.717, 1.165) is 29.6 Å². The molecule has 5 heteroatoms. The molecule has 1 saturated heterocycles. The zero-order valence-corrected chi connectivity index (χ0v) is 13.4. The molecule has 1 aromatic carbocycles. The number of carbonyl (C=O) groups is 1. The number of carbonyl (C=O) groups excluding carboxylic acids is 1. The topological polar surface area (TPSA) is 60.5 Å². The van der Waals surface area contributed by atoms with E-state index < -0.39 is 5.60 Å². The summed E-state index contributed by atoms with van der Waals surface area (Å²) in [7, 11) is 0. The zero-order chi connectivity index (χ0) is 15.9. The molecule has 2 aromatic rings. The molecule has 1 unspecified atom stereocenters. The van der Waals surface area contributed by atoms with Gasteiger partial charge in [0.15, 0.2) is 0 Å². The van der Waals surface area contributed by atoms with Crippen LogP contribution < -0.4 is 5.73 Å². The van der Waals surface area contributed by atoms with Gasteiger partial charge in [-0.25, -0.2) is 4.79 Å². The van der Waals surface area contributed by atoms with E-state index in [9.17, 15) is 4.79 Å². The number of hydrogen-bond donors (Lipinski definition) is 1. The lowest BCUT2D eigenvalue weighted by Crippen LogP contribution is -2.35. The number of amides is 1. The summed E-state index contributed by atoms with van der Waals surface area (Å²) in [5.41, 5.74) is 7.30. The van der Waals surface area contributed by atoms with E-state index >= 15 is 0 Å². The molecule has 1 fully saturated rings. The maximum Gasteiger partial charge on any atom is 0.410 e. The minimum absolute atomic E-state index is 0.226. The molecule has 0 aliphatic carbocycles. The largest absolute Gasteiger partial charge is 0.444 e. The molecular weight excluding hydrogens is 278 g/mol. The highest BCUT2D eigenvalue weighted by atomic mass is 16.6. The fourth-order valence-electron chi connectivity index (χ4n) is 2.96. The second-order valence-electron chi connectivity index (χ2n) is 6.91. The van der Waals surface area contributed by atoms with Gasteiger partial charge in [0.05, 0.1) is 6.04 Å². The number of nitrogens with two attached hydrogens (primary N) is 1. The van der Waals surface area contributed by atoms with Crippen molar-refractivity contribution in [1.82, 2.24) is 9.47 Å². The van der Waals surface area contributed by atoms with Gasteiger partial charge in [0.25, 0.3) is 0 Å². The number of fused-ring (bicyclic) bond motifs is 1. The first-order chi connectivity index (χ1) is 10.3. The molecule has 0 bridgehead atoms. The van der Waals surface area contributed by atoms with Crippen LogP contribution in [0.4, 0.5) is 10.5 Å². The Kier molecular flexibility index (Phi) is 3.51. The fraction of sp³-hybridized carbons (Fsp3) is 0.471. The molecule has 1 aromatic heterocycles. The third-order valence-corrected chi connectivity index (χ3v) is 3.95. The minimum atomic E-state index is -0.452. The molecule has 5 nitrogen and oxygen atoms in total. The van der Waals surface area contributed by atoms with Gasteiger partial charge in [-0.2, -0.15) is 0 Å². The Balaban J connectivity index is 1.76. The lowest BCUT2D eigenvalue weighted by Gasteiger charge is -2.24. The van der Waals surface area contributed by atoms with Crippen molar-refractivity contribution in [3.8, 4) is 0 Å². The van der Waals surface area contributed by atoms with E-state index in [4.69, 9.17) is 10.5 Å². The Morgan fingerprint density at radius 3 is 2.82 bits per heavy atom. The number of aromatic nitrogens is 1. The van der Waals surface area contributed by atoms with Crippen LogP contribution in [0.2, 0.25) is 0 Å². The summed E-state index contributed by atoms with van der Waals surface area (Å²) < 4.78 is 7.69. The van der Waals surface area contributed by atoms with Gasteiger partial charge < -0.3 is 19.9 Å². The molecule has 2 N–H and O–H groups in total. The molecule has 0 radical (unpaired) electrons. The van der Waals surface area contributed by atoms with E-state index in [-0.39, 0.29) is 12.1 Å². The van der Waals surface area contributed by atoms with E-state index in [0.29, 0.717) is 6.54 Å². The Morgan fingerprint density at radius 2 is 2.09 bits per heavy atom. The van der Waals surface area contributed by atoms with Crippen molar-refractivity contribution in [3.63, 3.8) is 0 Å². The highest BCUT2D eigenvalue weighted by Crippen LogP contribution is 2.28. The monoisotopic (exact) mass is 301 g/mol. The summed E-state index contributed by atoms with van der Waals surface area (Å²) in [5.74, 6) is 0. The van der Waals surface area contributed by atoms with Crippen LogP contribution in [0.25, 0.3) is 10.9 Å². The standard InChI is InChI=1S/C17H23N3O2/c1-17(2,3)22-16(21)19-8-7-14(11-19)20-9-6-12-10-13(18)4-5-15(12)20/h4-6,9-10,14H,7-8,11,18H2,1-3H3. The number of nitrogen functional groups attached to an aromatic ring is 1. The number of benzene rings is 1. The molecule has 1 aliphatic rings. The predicted molar refractivity (Wildman–Crippen MR) is 87.8 cm³/mol. The van der Waals surface area contributed by atoms with E-state index in [1.807, 2.05) is 39.0 Å². The van der Waals surface area contributed by atoms with Crippen molar-refractivity contribution in [1.29, 1.82) is 0 Å². The summed E-state index contributed by atoms with van der Waals surface area (Å²) >= 11 is 0. The average molecular weight is 301 g/mol. The maximum atomic E-state index is 12.2. The molecule has 118 valence electrons. The van der Waals surface area contributed by atoms with Gasteiger partial charge in [-0.3, -0.25) is 0 Å². The number of nitrogens with zero attached hydrogens (tertiary/aromatic N) is 2. The maximum absolute atomic E-state index is 12.2. The number of ether oxygens (including phenoxy) is 1. The van der Waals surface area contributed by atoms with Gasteiger partial charge >= 0.3 is 6.09 Å². The number of hydrogen-bond acceptors (Lipinski definition) is 3. The molecule has 22 heavy (non-hydrogen) atoms. The Labute approximate surface area is 130 Å². The van der Waals surface area contributed by atoms with Gasteiger partial charge in [0.1, 0.15) is 5.60 Å². The summed E-state index contributed by atoms with van der Waals surface area (Å²) in [6.07, 6.45) is 2.79. The van der Waals surface area contributed by atoms with Gasteiger partial charge in [0, 0.05) is 35.9 Å². The van der Waals surface area contributed by atoms with Crippen LogP contribution in [-0.2, 0) is 4.74 Å². The third-order valence-electron chi connectivity index (χ3n) is 3.95. The van der Waals surface area contributed by atoms with Crippen LogP contribution in [-0.4, -0.2) is 34.3 Å². The van der Waals surface area contributed by atoms with Crippen molar-refractivity contribution in [2.75, 3.05) is 18.8 Å². The molecular formula is C17H23N3O2. The Hall–Kier alpha value is -2.17. The molecule has 0 spiro atoms. The normalized spacial score (nSPS) is 18.9. The van der Waals surface area contributed by atoms with Crippen LogP contribution in [0.5, 0.6) is 0 Å². The van der Waals surface area contributed by atoms with Crippen molar-refractivity contribution in [2.24, 2.45) is 0 Å². The number of likely N-dealkylation sites (tertiary alicyclic amines) is 1. The quantitative estimate of drug-likeness (QED) is 0.821. The average Bonchev–Trinajstić information content (AvgIpc) is 3.01. The van der Waals surface area contributed by atoms with Gasteiger partial charge in [-0.05, 0) is 51.5 Å². The van der Waals surface area contributed by atoms with Gasteiger partial charge in [-0.15, -0.1) is 0 Å². The highest BCUT2D eigenvalue weighted by Gasteiger charge is 2.30. The summed E-state index contributed by atoms with van der Waals surface area (Å²) in [4.78, 5) is 14.0. The second-order valence-corrected chi connectivity index (χ2v) is 6.91. The molecule has 1 amide bonds. The first-order valence-corrected chi connectivity index (χ1v) is 7.67. The van der Waals surface area contributed by atoms with Crippen molar-refractivity contribution in [3.05, 3.63) is 30.5 Å². The van der Waals surface area contributed by atoms with Crippen LogP contribution in [0, 0.1) is 0 Å². The molecule has 1 atom stereocenters. The van der Waals surface area contributed by atoms with Crippen LogP contribution >= 0.6 is 0 Å². The lowest BCUT2D eigenvalue weighted by molar-refractivity contribution is 0.0289. The third kappa shape index (κ3) is 2.89. The number of rotatable bonds is 1. The predicted octanol–water partition coefficient (Wildman–Crippen LogP) is 3.41. The molecule has 3 rings (SSSR count). The molecule has 1 aliphatic heterocycles. The molecule has 0 saturated carbocycles. The van der Waals surface area contributed by atoms with Crippen molar-refractivity contribution < 1.29 is 9.53 Å². The zero-order valence-electron chi connectivity index (χ0n) is 13.4. The summed E-state index contributed by atoms with van der Waals surface area (Å²) in [6, 6.07) is 8.29.